The zero-order chi connectivity index (χ0) is 16.8. The molecule has 1 unspecified atom stereocenters. The summed E-state index contributed by atoms with van der Waals surface area (Å²) in [4.78, 5) is 25.7. The number of carbonyl (C=O) groups excluding carboxylic acids is 2. The van der Waals surface area contributed by atoms with E-state index in [9.17, 15) is 14.0 Å². The Labute approximate surface area is 141 Å². The van der Waals surface area contributed by atoms with Gasteiger partial charge in [0.15, 0.2) is 0 Å². The average molecular weight is 341 g/mol. The molecule has 0 aliphatic carbocycles. The van der Waals surface area contributed by atoms with Crippen LogP contribution in [0.25, 0.3) is 0 Å². The van der Waals surface area contributed by atoms with Crippen molar-refractivity contribution in [1.29, 1.82) is 0 Å². The molecule has 1 aliphatic rings. The molecule has 4 nitrogen and oxygen atoms in total. The van der Waals surface area contributed by atoms with E-state index in [0.717, 1.165) is 19.3 Å². The first kappa shape index (κ1) is 17.7. The molecule has 1 atom stereocenters. The lowest BCUT2D eigenvalue weighted by Gasteiger charge is -2.33. The number of carbonyl (C=O) groups is 2. The molecule has 1 aliphatic heterocycles. The van der Waals surface area contributed by atoms with Crippen LogP contribution in [0.1, 0.15) is 43.0 Å². The van der Waals surface area contributed by atoms with Crippen molar-refractivity contribution in [2.75, 3.05) is 19.6 Å². The number of benzene rings is 1. The lowest BCUT2D eigenvalue weighted by molar-refractivity contribution is -0.121. The van der Waals surface area contributed by atoms with E-state index in [1.54, 1.807) is 4.90 Å². The van der Waals surface area contributed by atoms with Crippen molar-refractivity contribution in [1.82, 2.24) is 10.2 Å². The normalized spacial score (nSPS) is 17.9. The second-order valence-corrected chi connectivity index (χ2v) is 6.32. The van der Waals surface area contributed by atoms with Gasteiger partial charge >= 0.3 is 0 Å². The van der Waals surface area contributed by atoms with Gasteiger partial charge in [0, 0.05) is 26.1 Å². The first-order valence-electron chi connectivity index (χ1n) is 8.03. The molecular formula is C17H22ClFN2O2. The van der Waals surface area contributed by atoms with Crippen LogP contribution in [0.2, 0.25) is 5.02 Å². The number of amides is 2. The minimum absolute atomic E-state index is 0.0353. The van der Waals surface area contributed by atoms with E-state index in [1.807, 2.05) is 6.92 Å². The second-order valence-electron chi connectivity index (χ2n) is 5.91. The topological polar surface area (TPSA) is 49.4 Å². The third-order valence-electron chi connectivity index (χ3n) is 4.05. The largest absolute Gasteiger partial charge is 0.356 e. The van der Waals surface area contributed by atoms with E-state index in [0.29, 0.717) is 26.1 Å². The number of rotatable bonds is 5. The monoisotopic (exact) mass is 340 g/mol. The van der Waals surface area contributed by atoms with E-state index in [1.165, 1.54) is 18.2 Å². The molecule has 0 saturated carbocycles. The fourth-order valence-electron chi connectivity index (χ4n) is 2.85. The van der Waals surface area contributed by atoms with Gasteiger partial charge in [-0.25, -0.2) is 4.39 Å². The van der Waals surface area contributed by atoms with Crippen molar-refractivity contribution in [3.8, 4) is 0 Å². The van der Waals surface area contributed by atoms with Crippen LogP contribution in [0.4, 0.5) is 4.39 Å². The van der Waals surface area contributed by atoms with Gasteiger partial charge in [0.25, 0.3) is 5.91 Å². The summed E-state index contributed by atoms with van der Waals surface area (Å²) < 4.78 is 13.9. The number of halogens is 2. The number of likely N-dealkylation sites (tertiary alicyclic amines) is 1. The lowest BCUT2D eigenvalue weighted by atomic mass is 9.97. The molecule has 1 N–H and O–H groups in total. The fourth-order valence-corrected chi connectivity index (χ4v) is 3.09. The Kier molecular flexibility index (Phi) is 6.39. The van der Waals surface area contributed by atoms with Crippen LogP contribution in [0.3, 0.4) is 0 Å². The molecule has 126 valence electrons. The van der Waals surface area contributed by atoms with Gasteiger partial charge in [-0.2, -0.15) is 0 Å². The standard InChI is InChI=1S/C17H22ClFN2O2/c1-2-5-15(22)20-10-12-6-4-9-21(11-12)17(23)16-13(18)7-3-8-14(16)19/h3,7-8,12H,2,4-6,9-11H2,1H3,(H,20,22). The van der Waals surface area contributed by atoms with E-state index in [-0.39, 0.29) is 28.3 Å². The summed E-state index contributed by atoms with van der Waals surface area (Å²) in [5.74, 6) is -0.745. The van der Waals surface area contributed by atoms with Crippen LogP contribution in [-0.2, 0) is 4.79 Å². The predicted molar refractivity (Wildman–Crippen MR) is 88.0 cm³/mol. The number of piperidine rings is 1. The highest BCUT2D eigenvalue weighted by molar-refractivity contribution is 6.33. The SMILES string of the molecule is CCCC(=O)NCC1CCCN(C(=O)c2c(F)cccc2Cl)C1. The molecule has 1 saturated heterocycles. The van der Waals surface area contributed by atoms with Crippen LogP contribution >= 0.6 is 11.6 Å². The molecule has 0 aromatic heterocycles. The third-order valence-corrected chi connectivity index (χ3v) is 4.36. The van der Waals surface area contributed by atoms with Gasteiger partial charge in [0.1, 0.15) is 5.82 Å². The highest BCUT2D eigenvalue weighted by Crippen LogP contribution is 2.24. The number of hydrogen-bond acceptors (Lipinski definition) is 2. The van der Waals surface area contributed by atoms with Crippen molar-refractivity contribution in [2.45, 2.75) is 32.6 Å². The summed E-state index contributed by atoms with van der Waals surface area (Å²) in [5.41, 5.74) is -0.0650. The summed E-state index contributed by atoms with van der Waals surface area (Å²) >= 11 is 5.97. The Balaban J connectivity index is 1.98. The minimum Gasteiger partial charge on any atom is -0.356 e. The van der Waals surface area contributed by atoms with E-state index in [4.69, 9.17) is 11.6 Å². The highest BCUT2D eigenvalue weighted by atomic mass is 35.5. The molecular weight excluding hydrogens is 319 g/mol. The molecule has 6 heteroatoms. The maximum absolute atomic E-state index is 13.9. The summed E-state index contributed by atoms with van der Waals surface area (Å²) in [6, 6.07) is 4.24. The van der Waals surface area contributed by atoms with E-state index >= 15 is 0 Å². The average Bonchev–Trinajstić information content (AvgIpc) is 2.53. The van der Waals surface area contributed by atoms with Crippen LogP contribution in [0.5, 0.6) is 0 Å². The number of hydrogen-bond donors (Lipinski definition) is 1. The van der Waals surface area contributed by atoms with E-state index < -0.39 is 5.82 Å². The van der Waals surface area contributed by atoms with Crippen LogP contribution < -0.4 is 5.32 Å². The molecule has 0 bridgehead atoms. The maximum Gasteiger partial charge on any atom is 0.258 e. The Morgan fingerprint density at radius 1 is 1.43 bits per heavy atom. The van der Waals surface area contributed by atoms with Gasteiger partial charge in [0.05, 0.1) is 10.6 Å². The van der Waals surface area contributed by atoms with Crippen molar-refractivity contribution in [3.63, 3.8) is 0 Å². The van der Waals surface area contributed by atoms with Crippen molar-refractivity contribution in [2.24, 2.45) is 5.92 Å². The minimum atomic E-state index is -0.596. The molecule has 1 fully saturated rings. The Bertz CT molecular complexity index is 559. The van der Waals surface area contributed by atoms with Crippen molar-refractivity contribution >= 4 is 23.4 Å². The predicted octanol–water partition coefficient (Wildman–Crippen LogP) is 3.25. The molecule has 1 aromatic carbocycles. The molecule has 23 heavy (non-hydrogen) atoms. The number of nitrogens with one attached hydrogen (secondary N) is 1. The first-order chi connectivity index (χ1) is 11.0. The zero-order valence-corrected chi connectivity index (χ0v) is 14.0. The maximum atomic E-state index is 13.9. The van der Waals surface area contributed by atoms with Gasteiger partial charge < -0.3 is 10.2 Å². The van der Waals surface area contributed by atoms with E-state index in [2.05, 4.69) is 5.32 Å². The highest BCUT2D eigenvalue weighted by Gasteiger charge is 2.27. The molecule has 1 heterocycles. The molecule has 2 rings (SSSR count). The fraction of sp³-hybridized carbons (Fsp3) is 0.529. The summed E-state index contributed by atoms with van der Waals surface area (Å²) in [5, 5.41) is 3.03. The lowest BCUT2D eigenvalue weighted by Crippen LogP contribution is -2.44. The van der Waals surface area contributed by atoms with Crippen molar-refractivity contribution in [3.05, 3.63) is 34.6 Å². The molecule has 0 radical (unpaired) electrons. The summed E-state index contributed by atoms with van der Waals surface area (Å²) in [7, 11) is 0. The van der Waals surface area contributed by atoms with Crippen LogP contribution in [-0.4, -0.2) is 36.3 Å². The third kappa shape index (κ3) is 4.67. The van der Waals surface area contributed by atoms with Gasteiger partial charge in [-0.05, 0) is 37.3 Å². The van der Waals surface area contributed by atoms with Gasteiger partial charge in [-0.3, -0.25) is 9.59 Å². The van der Waals surface area contributed by atoms with Crippen LogP contribution in [0, 0.1) is 11.7 Å². The first-order valence-corrected chi connectivity index (χ1v) is 8.40. The second kappa shape index (κ2) is 8.29. The Hall–Kier alpha value is -1.62. The van der Waals surface area contributed by atoms with Gasteiger partial charge in [-0.1, -0.05) is 24.6 Å². The molecule has 0 spiro atoms. The zero-order valence-electron chi connectivity index (χ0n) is 13.3. The molecule has 2 amide bonds. The number of nitrogens with zero attached hydrogens (tertiary/aromatic N) is 1. The molecule has 1 aromatic rings. The Morgan fingerprint density at radius 3 is 2.91 bits per heavy atom. The van der Waals surface area contributed by atoms with Gasteiger partial charge in [-0.15, -0.1) is 0 Å². The summed E-state index contributed by atoms with van der Waals surface area (Å²) in [6.45, 7) is 3.60. The van der Waals surface area contributed by atoms with Crippen molar-refractivity contribution < 1.29 is 14.0 Å². The van der Waals surface area contributed by atoms with Crippen LogP contribution in [0.15, 0.2) is 18.2 Å². The summed E-state index contributed by atoms with van der Waals surface area (Å²) in [6.07, 6.45) is 3.11. The smallest absolute Gasteiger partial charge is 0.258 e. The van der Waals surface area contributed by atoms with Gasteiger partial charge in [0.2, 0.25) is 5.91 Å². The quantitative estimate of drug-likeness (QED) is 0.894. The Morgan fingerprint density at radius 2 is 2.22 bits per heavy atom.